The summed E-state index contributed by atoms with van der Waals surface area (Å²) in [4.78, 5) is 11.9. The van der Waals surface area contributed by atoms with Crippen LogP contribution >= 0.6 is 0 Å². The van der Waals surface area contributed by atoms with Crippen molar-refractivity contribution in [2.75, 3.05) is 5.32 Å². The second-order valence-electron chi connectivity index (χ2n) is 5.01. The molecular formula is C18H19NO. The summed E-state index contributed by atoms with van der Waals surface area (Å²) in [6.45, 7) is 6.16. The number of anilines is 1. The molecule has 102 valence electrons. The summed E-state index contributed by atoms with van der Waals surface area (Å²) in [6.07, 6.45) is 3.24. The van der Waals surface area contributed by atoms with Gasteiger partial charge in [-0.1, -0.05) is 35.9 Å². The predicted molar refractivity (Wildman–Crippen MR) is 84.2 cm³/mol. The highest BCUT2D eigenvalue weighted by molar-refractivity contribution is 6.04. The van der Waals surface area contributed by atoms with Gasteiger partial charge in [0.25, 0.3) is 0 Å². The highest BCUT2D eigenvalue weighted by Crippen LogP contribution is 2.14. The van der Waals surface area contributed by atoms with Crippen LogP contribution in [0.2, 0.25) is 0 Å². The van der Waals surface area contributed by atoms with E-state index in [9.17, 15) is 4.79 Å². The van der Waals surface area contributed by atoms with Crippen LogP contribution in [-0.4, -0.2) is 5.78 Å². The summed E-state index contributed by atoms with van der Waals surface area (Å²) >= 11 is 0. The number of hydrogen-bond donors (Lipinski definition) is 1. The topological polar surface area (TPSA) is 29.1 Å². The minimum Gasteiger partial charge on any atom is -0.362 e. The molecule has 0 aliphatic heterocycles. The Bertz CT molecular complexity index is 639. The molecule has 0 fully saturated rings. The monoisotopic (exact) mass is 265 g/mol. The van der Waals surface area contributed by atoms with Gasteiger partial charge in [0.15, 0.2) is 5.78 Å². The lowest BCUT2D eigenvalue weighted by Crippen LogP contribution is -1.96. The van der Waals surface area contributed by atoms with E-state index in [1.54, 1.807) is 12.3 Å². The zero-order valence-corrected chi connectivity index (χ0v) is 12.1. The molecule has 20 heavy (non-hydrogen) atoms. The van der Waals surface area contributed by atoms with Crippen molar-refractivity contribution < 1.29 is 4.79 Å². The van der Waals surface area contributed by atoms with E-state index in [0.29, 0.717) is 5.56 Å². The second-order valence-corrected chi connectivity index (χ2v) is 5.01. The lowest BCUT2D eigenvalue weighted by molar-refractivity contribution is 0.104. The molecule has 0 bridgehead atoms. The van der Waals surface area contributed by atoms with Crippen LogP contribution in [0.4, 0.5) is 5.69 Å². The van der Waals surface area contributed by atoms with Crippen molar-refractivity contribution >= 4 is 11.5 Å². The van der Waals surface area contributed by atoms with Gasteiger partial charge in [0, 0.05) is 23.5 Å². The molecule has 0 unspecified atom stereocenters. The van der Waals surface area contributed by atoms with E-state index in [1.165, 1.54) is 11.1 Å². The SMILES string of the molecule is Cc1ccc(C(=O)/C=C\Nc2ccc(C)c(C)c2)cc1. The molecule has 2 aromatic carbocycles. The van der Waals surface area contributed by atoms with Gasteiger partial charge >= 0.3 is 0 Å². The highest BCUT2D eigenvalue weighted by atomic mass is 16.1. The quantitative estimate of drug-likeness (QED) is 0.655. The average Bonchev–Trinajstić information content (AvgIpc) is 2.43. The lowest BCUT2D eigenvalue weighted by atomic mass is 10.1. The molecule has 0 aliphatic rings. The summed E-state index contributed by atoms with van der Waals surface area (Å²) in [6, 6.07) is 13.7. The number of allylic oxidation sites excluding steroid dienone is 1. The molecule has 0 saturated heterocycles. The largest absolute Gasteiger partial charge is 0.362 e. The van der Waals surface area contributed by atoms with Gasteiger partial charge in [-0.15, -0.1) is 0 Å². The molecule has 2 nitrogen and oxygen atoms in total. The molecule has 2 heteroatoms. The molecule has 0 spiro atoms. The van der Waals surface area contributed by atoms with Gasteiger partial charge in [0.05, 0.1) is 0 Å². The van der Waals surface area contributed by atoms with Gasteiger partial charge in [0.1, 0.15) is 0 Å². The Kier molecular flexibility index (Phi) is 4.36. The van der Waals surface area contributed by atoms with Crippen LogP contribution in [0.1, 0.15) is 27.0 Å². The minimum absolute atomic E-state index is 0.00123. The van der Waals surface area contributed by atoms with E-state index in [4.69, 9.17) is 0 Å². The van der Waals surface area contributed by atoms with E-state index in [-0.39, 0.29) is 5.78 Å². The first-order chi connectivity index (χ1) is 9.56. The summed E-state index contributed by atoms with van der Waals surface area (Å²) in [7, 11) is 0. The first-order valence-electron chi connectivity index (χ1n) is 6.67. The maximum atomic E-state index is 11.9. The van der Waals surface area contributed by atoms with Gasteiger partial charge < -0.3 is 5.32 Å². The summed E-state index contributed by atoms with van der Waals surface area (Å²) in [5.74, 6) is 0.00123. The summed E-state index contributed by atoms with van der Waals surface area (Å²) in [5, 5.41) is 3.12. The Morgan fingerprint density at radius 1 is 0.950 bits per heavy atom. The van der Waals surface area contributed by atoms with Crippen molar-refractivity contribution in [3.63, 3.8) is 0 Å². The third kappa shape index (κ3) is 3.58. The van der Waals surface area contributed by atoms with E-state index < -0.39 is 0 Å². The second kappa shape index (κ2) is 6.20. The molecule has 0 atom stereocenters. The van der Waals surface area contributed by atoms with Gasteiger partial charge in [0.2, 0.25) is 0 Å². The fourth-order valence-corrected chi connectivity index (χ4v) is 1.86. The van der Waals surface area contributed by atoms with E-state index in [2.05, 4.69) is 31.3 Å². The summed E-state index contributed by atoms with van der Waals surface area (Å²) in [5.41, 5.74) is 5.33. The normalized spacial score (nSPS) is 10.8. The van der Waals surface area contributed by atoms with Crippen molar-refractivity contribution in [3.8, 4) is 0 Å². The van der Waals surface area contributed by atoms with Crippen LogP contribution in [0.15, 0.2) is 54.7 Å². The molecule has 1 N–H and O–H groups in total. The van der Waals surface area contributed by atoms with Crippen LogP contribution < -0.4 is 5.32 Å². The van der Waals surface area contributed by atoms with Crippen LogP contribution in [0, 0.1) is 20.8 Å². The molecule has 0 aromatic heterocycles. The van der Waals surface area contributed by atoms with Crippen LogP contribution in [-0.2, 0) is 0 Å². The maximum Gasteiger partial charge on any atom is 0.187 e. The van der Waals surface area contributed by atoms with E-state index in [1.807, 2.05) is 37.3 Å². The Labute approximate surface area is 120 Å². The fraction of sp³-hybridized carbons (Fsp3) is 0.167. The smallest absolute Gasteiger partial charge is 0.187 e. The van der Waals surface area contributed by atoms with E-state index in [0.717, 1.165) is 11.3 Å². The number of benzene rings is 2. The minimum atomic E-state index is 0.00123. The van der Waals surface area contributed by atoms with Gasteiger partial charge in [-0.05, 0) is 44.0 Å². The van der Waals surface area contributed by atoms with Gasteiger partial charge in [-0.25, -0.2) is 0 Å². The van der Waals surface area contributed by atoms with Crippen molar-refractivity contribution in [2.45, 2.75) is 20.8 Å². The van der Waals surface area contributed by atoms with Crippen molar-refractivity contribution in [2.24, 2.45) is 0 Å². The third-order valence-electron chi connectivity index (χ3n) is 3.33. The number of carbonyl (C=O) groups is 1. The Morgan fingerprint density at radius 3 is 2.30 bits per heavy atom. The van der Waals surface area contributed by atoms with Crippen molar-refractivity contribution in [1.29, 1.82) is 0 Å². The van der Waals surface area contributed by atoms with Crippen LogP contribution in [0.25, 0.3) is 0 Å². The molecule has 2 rings (SSSR count). The first kappa shape index (κ1) is 14.1. The van der Waals surface area contributed by atoms with Crippen molar-refractivity contribution in [1.82, 2.24) is 0 Å². The number of ketones is 1. The third-order valence-corrected chi connectivity index (χ3v) is 3.33. The Balaban J connectivity index is 2.00. The maximum absolute atomic E-state index is 11.9. The lowest BCUT2D eigenvalue weighted by Gasteiger charge is -2.04. The number of rotatable bonds is 4. The molecular weight excluding hydrogens is 246 g/mol. The number of aryl methyl sites for hydroxylation is 3. The Hall–Kier alpha value is -2.35. The highest BCUT2D eigenvalue weighted by Gasteiger charge is 2.00. The number of hydrogen-bond acceptors (Lipinski definition) is 2. The zero-order chi connectivity index (χ0) is 14.5. The first-order valence-corrected chi connectivity index (χ1v) is 6.67. The fourth-order valence-electron chi connectivity index (χ4n) is 1.86. The number of carbonyl (C=O) groups excluding carboxylic acids is 1. The van der Waals surface area contributed by atoms with E-state index >= 15 is 0 Å². The standard InChI is InChI=1S/C18H19NO/c1-13-4-7-16(8-5-13)18(20)10-11-19-17-9-6-14(2)15(3)12-17/h4-12,19H,1-3H3/b11-10-. The Morgan fingerprint density at radius 2 is 1.65 bits per heavy atom. The molecule has 0 saturated carbocycles. The molecule has 0 radical (unpaired) electrons. The molecule has 0 amide bonds. The molecule has 2 aromatic rings. The molecule has 0 heterocycles. The molecule has 0 aliphatic carbocycles. The number of nitrogens with one attached hydrogen (secondary N) is 1. The van der Waals surface area contributed by atoms with Gasteiger partial charge in [-0.2, -0.15) is 0 Å². The average molecular weight is 265 g/mol. The van der Waals surface area contributed by atoms with Crippen LogP contribution in [0.3, 0.4) is 0 Å². The summed E-state index contributed by atoms with van der Waals surface area (Å²) < 4.78 is 0. The predicted octanol–water partition coefficient (Wildman–Crippen LogP) is 4.42. The van der Waals surface area contributed by atoms with Gasteiger partial charge in [-0.3, -0.25) is 4.79 Å². The zero-order valence-electron chi connectivity index (χ0n) is 12.1. The van der Waals surface area contributed by atoms with Crippen LogP contribution in [0.5, 0.6) is 0 Å². The van der Waals surface area contributed by atoms with Crippen molar-refractivity contribution in [3.05, 3.63) is 77.0 Å².